The summed E-state index contributed by atoms with van der Waals surface area (Å²) >= 11 is 1.85. The Morgan fingerprint density at radius 3 is 2.12 bits per heavy atom. The topological polar surface area (TPSA) is 49.4 Å². The minimum absolute atomic E-state index is 0.0363. The van der Waals surface area contributed by atoms with Crippen LogP contribution >= 0.6 is 11.8 Å². The van der Waals surface area contributed by atoms with Crippen LogP contribution in [0.25, 0.3) is 0 Å². The first-order chi connectivity index (χ1) is 11.8. The largest absolute Gasteiger partial charge is 0.339 e. The van der Waals surface area contributed by atoms with Crippen LogP contribution in [-0.2, 0) is 4.79 Å². The zero-order valence-electron chi connectivity index (χ0n) is 13.4. The van der Waals surface area contributed by atoms with Crippen molar-refractivity contribution in [1.82, 2.24) is 10.2 Å². The summed E-state index contributed by atoms with van der Waals surface area (Å²) in [6.07, 6.45) is 0. The van der Waals surface area contributed by atoms with Crippen molar-refractivity contribution in [3.8, 4) is 0 Å². The molecule has 1 unspecified atom stereocenters. The predicted octanol–water partition coefficient (Wildman–Crippen LogP) is 2.73. The molecule has 1 aliphatic heterocycles. The molecule has 1 heterocycles. The Labute approximate surface area is 146 Å². The SMILES string of the molecule is O=C(NC(C(=O)N1CCSCC1)c1ccccc1)c1ccccc1. The minimum Gasteiger partial charge on any atom is -0.339 e. The van der Waals surface area contributed by atoms with Crippen molar-refractivity contribution in [1.29, 1.82) is 0 Å². The molecule has 5 heteroatoms. The van der Waals surface area contributed by atoms with Crippen LogP contribution in [-0.4, -0.2) is 41.3 Å². The first kappa shape index (κ1) is 16.6. The van der Waals surface area contributed by atoms with E-state index in [1.54, 1.807) is 12.1 Å². The van der Waals surface area contributed by atoms with Crippen molar-refractivity contribution in [2.75, 3.05) is 24.6 Å². The molecule has 1 aliphatic rings. The molecule has 0 aromatic heterocycles. The normalized spacial score (nSPS) is 15.6. The van der Waals surface area contributed by atoms with Crippen LogP contribution in [0.1, 0.15) is 22.0 Å². The number of hydrogen-bond donors (Lipinski definition) is 1. The highest BCUT2D eigenvalue weighted by atomic mass is 32.2. The van der Waals surface area contributed by atoms with Gasteiger partial charge in [-0.05, 0) is 17.7 Å². The van der Waals surface area contributed by atoms with Gasteiger partial charge >= 0.3 is 0 Å². The quantitative estimate of drug-likeness (QED) is 0.931. The zero-order valence-corrected chi connectivity index (χ0v) is 14.2. The molecular formula is C19H20N2O2S. The number of nitrogens with zero attached hydrogens (tertiary/aromatic N) is 1. The van der Waals surface area contributed by atoms with Gasteiger partial charge in [0.05, 0.1) is 0 Å². The first-order valence-electron chi connectivity index (χ1n) is 8.03. The number of carbonyl (C=O) groups excluding carboxylic acids is 2. The van der Waals surface area contributed by atoms with Gasteiger partial charge in [0.1, 0.15) is 6.04 Å². The molecule has 1 atom stereocenters. The standard InChI is InChI=1S/C19H20N2O2S/c22-18(16-9-5-2-6-10-16)20-17(15-7-3-1-4-8-15)19(23)21-11-13-24-14-12-21/h1-10,17H,11-14H2,(H,20,22). The van der Waals surface area contributed by atoms with Crippen molar-refractivity contribution in [2.24, 2.45) is 0 Å². The summed E-state index contributed by atoms with van der Waals surface area (Å²) in [6.45, 7) is 1.46. The second kappa shape index (κ2) is 8.02. The van der Waals surface area contributed by atoms with E-state index in [-0.39, 0.29) is 11.8 Å². The predicted molar refractivity (Wildman–Crippen MR) is 97.0 cm³/mol. The Morgan fingerprint density at radius 2 is 1.50 bits per heavy atom. The van der Waals surface area contributed by atoms with Crippen molar-refractivity contribution in [3.05, 3.63) is 71.8 Å². The fourth-order valence-corrected chi connectivity index (χ4v) is 3.61. The summed E-state index contributed by atoms with van der Waals surface area (Å²) in [5, 5.41) is 2.91. The van der Waals surface area contributed by atoms with Crippen LogP contribution in [0.3, 0.4) is 0 Å². The van der Waals surface area contributed by atoms with Gasteiger partial charge in [0.15, 0.2) is 0 Å². The van der Waals surface area contributed by atoms with Gasteiger partial charge in [-0.3, -0.25) is 9.59 Å². The smallest absolute Gasteiger partial charge is 0.252 e. The Morgan fingerprint density at radius 1 is 0.917 bits per heavy atom. The summed E-state index contributed by atoms with van der Waals surface area (Å²) in [7, 11) is 0. The van der Waals surface area contributed by atoms with Crippen molar-refractivity contribution < 1.29 is 9.59 Å². The molecule has 2 aromatic carbocycles. The molecule has 1 fully saturated rings. The Hall–Kier alpha value is -2.27. The van der Waals surface area contributed by atoms with Gasteiger partial charge in [0.25, 0.3) is 5.91 Å². The summed E-state index contributed by atoms with van der Waals surface area (Å²) < 4.78 is 0. The molecule has 3 rings (SSSR count). The molecule has 0 radical (unpaired) electrons. The average molecular weight is 340 g/mol. The van der Waals surface area contributed by atoms with E-state index in [4.69, 9.17) is 0 Å². The van der Waals surface area contributed by atoms with Crippen molar-refractivity contribution >= 4 is 23.6 Å². The molecule has 0 bridgehead atoms. The molecule has 2 aromatic rings. The minimum atomic E-state index is -0.651. The van der Waals surface area contributed by atoms with Gasteiger partial charge in [-0.25, -0.2) is 0 Å². The molecule has 2 amide bonds. The highest BCUT2D eigenvalue weighted by Crippen LogP contribution is 2.19. The van der Waals surface area contributed by atoms with Crippen LogP contribution in [0, 0.1) is 0 Å². The highest BCUT2D eigenvalue weighted by Gasteiger charge is 2.28. The lowest BCUT2D eigenvalue weighted by atomic mass is 10.0. The second-order valence-corrected chi connectivity index (χ2v) is 6.85. The zero-order chi connectivity index (χ0) is 16.8. The Bertz CT molecular complexity index is 685. The molecule has 24 heavy (non-hydrogen) atoms. The summed E-state index contributed by atoms with van der Waals surface area (Å²) in [5.41, 5.74) is 1.37. The second-order valence-electron chi connectivity index (χ2n) is 5.62. The van der Waals surface area contributed by atoms with E-state index >= 15 is 0 Å². The van der Waals surface area contributed by atoms with Gasteiger partial charge in [-0.2, -0.15) is 11.8 Å². The molecule has 1 N–H and O–H groups in total. The van der Waals surface area contributed by atoms with Gasteiger partial charge in [-0.1, -0.05) is 48.5 Å². The highest BCUT2D eigenvalue weighted by molar-refractivity contribution is 7.99. The number of nitrogens with one attached hydrogen (secondary N) is 1. The molecule has 0 aliphatic carbocycles. The molecule has 4 nitrogen and oxygen atoms in total. The third-order valence-electron chi connectivity index (χ3n) is 4.01. The fourth-order valence-electron chi connectivity index (χ4n) is 2.70. The van der Waals surface area contributed by atoms with Crippen LogP contribution in [0.2, 0.25) is 0 Å². The summed E-state index contributed by atoms with van der Waals surface area (Å²) in [4.78, 5) is 27.3. The summed E-state index contributed by atoms with van der Waals surface area (Å²) in [6, 6.07) is 17.8. The van der Waals surface area contributed by atoms with Crippen LogP contribution in [0.5, 0.6) is 0 Å². The van der Waals surface area contributed by atoms with Gasteiger partial charge in [0, 0.05) is 30.2 Å². The van der Waals surface area contributed by atoms with E-state index < -0.39 is 6.04 Å². The number of hydrogen-bond acceptors (Lipinski definition) is 3. The Balaban J connectivity index is 1.82. The average Bonchev–Trinajstić information content (AvgIpc) is 2.67. The summed E-state index contributed by atoms with van der Waals surface area (Å²) in [5.74, 6) is 1.62. The molecule has 0 saturated carbocycles. The number of rotatable bonds is 4. The Kier molecular flexibility index (Phi) is 5.54. The van der Waals surface area contributed by atoms with E-state index in [9.17, 15) is 9.59 Å². The molecule has 124 valence electrons. The third kappa shape index (κ3) is 3.97. The van der Waals surface area contributed by atoms with Crippen molar-refractivity contribution in [3.63, 3.8) is 0 Å². The van der Waals surface area contributed by atoms with Gasteiger partial charge < -0.3 is 10.2 Å². The maximum atomic E-state index is 13.0. The van der Waals surface area contributed by atoms with Crippen LogP contribution < -0.4 is 5.32 Å². The maximum absolute atomic E-state index is 13.0. The lowest BCUT2D eigenvalue weighted by Gasteiger charge is -2.30. The van der Waals surface area contributed by atoms with Gasteiger partial charge in [0.2, 0.25) is 5.91 Å². The first-order valence-corrected chi connectivity index (χ1v) is 9.18. The number of benzene rings is 2. The lowest BCUT2D eigenvalue weighted by molar-refractivity contribution is -0.133. The van der Waals surface area contributed by atoms with Crippen molar-refractivity contribution in [2.45, 2.75) is 6.04 Å². The van der Waals surface area contributed by atoms with Crippen LogP contribution in [0.4, 0.5) is 0 Å². The molecule has 1 saturated heterocycles. The number of amides is 2. The molecular weight excluding hydrogens is 320 g/mol. The van der Waals surface area contributed by atoms with Gasteiger partial charge in [-0.15, -0.1) is 0 Å². The maximum Gasteiger partial charge on any atom is 0.252 e. The number of carbonyl (C=O) groups is 2. The van der Waals surface area contributed by atoms with E-state index in [0.717, 1.165) is 30.2 Å². The monoisotopic (exact) mass is 340 g/mol. The third-order valence-corrected chi connectivity index (χ3v) is 4.96. The molecule has 0 spiro atoms. The van der Waals surface area contributed by atoms with E-state index in [1.807, 2.05) is 65.2 Å². The van der Waals surface area contributed by atoms with E-state index in [1.165, 1.54) is 0 Å². The van der Waals surface area contributed by atoms with E-state index in [2.05, 4.69) is 5.32 Å². The number of thioether (sulfide) groups is 1. The van der Waals surface area contributed by atoms with E-state index in [0.29, 0.717) is 5.56 Å². The van der Waals surface area contributed by atoms with Crippen LogP contribution in [0.15, 0.2) is 60.7 Å². The fraction of sp³-hybridized carbons (Fsp3) is 0.263. The lowest BCUT2D eigenvalue weighted by Crippen LogP contribution is -2.46.